The van der Waals surface area contributed by atoms with Gasteiger partial charge in [-0.25, -0.2) is 0 Å². The van der Waals surface area contributed by atoms with Crippen molar-refractivity contribution in [1.29, 1.82) is 0 Å². The lowest BCUT2D eigenvalue weighted by Gasteiger charge is -2.57. The molecule has 0 N–H and O–H groups in total. The van der Waals surface area contributed by atoms with Crippen molar-refractivity contribution in [2.24, 2.45) is 22.7 Å². The summed E-state index contributed by atoms with van der Waals surface area (Å²) in [6.45, 7) is 2.93. The Balaban J connectivity index is 1.18. The van der Waals surface area contributed by atoms with E-state index in [2.05, 4.69) is 52.4 Å². The number of amides is 1. The smallest absolute Gasteiger partial charge is 0.286 e. The topological polar surface area (TPSA) is 51.1 Å². The van der Waals surface area contributed by atoms with Crippen molar-refractivity contribution >= 4 is 28.9 Å². The molecule has 1 saturated heterocycles. The normalized spacial score (nSPS) is 31.8. The molecule has 4 bridgehead atoms. The molecule has 2 aromatic rings. The first-order valence-electron chi connectivity index (χ1n) is 13.7. The van der Waals surface area contributed by atoms with Gasteiger partial charge in [-0.1, -0.05) is 24.3 Å². The minimum absolute atomic E-state index is 0.151. The second-order valence-corrected chi connectivity index (χ2v) is 12.7. The summed E-state index contributed by atoms with van der Waals surface area (Å²) < 4.78 is 11.3. The standard InChI is InChI=1S/C31H34N2O3S/c1-35-27-15-25(14-26(16-27)31-17-21-9-22(18-31)11-23(10-21)19-31)24-4-2-3-20(12-24)13-28-29(34)32-30(37-28)33-5-7-36-8-6-33/h2-4,12-16,21-23H,5-11,17-19H2,1H3. The van der Waals surface area contributed by atoms with Gasteiger partial charge in [0.1, 0.15) is 5.75 Å². The Hall–Kier alpha value is -2.57. The van der Waals surface area contributed by atoms with Crippen LogP contribution in [0.25, 0.3) is 17.2 Å². The van der Waals surface area contributed by atoms with E-state index >= 15 is 0 Å². The summed E-state index contributed by atoms with van der Waals surface area (Å²) in [4.78, 5) is 19.8. The van der Waals surface area contributed by atoms with Crippen LogP contribution in [0.3, 0.4) is 0 Å². The molecule has 5 nitrogen and oxygen atoms in total. The fraction of sp³-hybridized carbons (Fsp3) is 0.484. The maximum absolute atomic E-state index is 12.7. The second kappa shape index (κ2) is 9.32. The van der Waals surface area contributed by atoms with Crippen LogP contribution >= 0.6 is 11.8 Å². The van der Waals surface area contributed by atoms with Gasteiger partial charge in [-0.15, -0.1) is 0 Å². The number of aliphatic imine (C=N–C) groups is 1. The third-order valence-electron chi connectivity index (χ3n) is 9.20. The Morgan fingerprint density at radius 2 is 1.73 bits per heavy atom. The molecule has 6 aliphatic rings. The zero-order chi connectivity index (χ0) is 25.0. The summed E-state index contributed by atoms with van der Waals surface area (Å²) in [7, 11) is 1.78. The molecule has 6 heteroatoms. The van der Waals surface area contributed by atoms with Crippen molar-refractivity contribution in [2.45, 2.75) is 43.9 Å². The Labute approximate surface area is 223 Å². The summed E-state index contributed by atoms with van der Waals surface area (Å²) in [6.07, 6.45) is 10.3. The van der Waals surface area contributed by atoms with E-state index in [0.717, 1.165) is 52.9 Å². The number of amidine groups is 1. The van der Waals surface area contributed by atoms with E-state index in [-0.39, 0.29) is 5.91 Å². The minimum Gasteiger partial charge on any atom is -0.497 e. The molecule has 2 aliphatic heterocycles. The predicted octanol–water partition coefficient (Wildman–Crippen LogP) is 6.13. The first-order chi connectivity index (χ1) is 18.1. The van der Waals surface area contributed by atoms with Crippen molar-refractivity contribution in [3.05, 3.63) is 58.5 Å². The summed E-state index contributed by atoms with van der Waals surface area (Å²) >= 11 is 1.47. The third kappa shape index (κ3) is 4.42. The SMILES string of the molecule is COc1cc(-c2cccc(C=C3SC(N4CCOCC4)=NC3=O)c2)cc(C23CC4CC(CC(C4)C2)C3)c1. The number of morpholine rings is 1. The quantitative estimate of drug-likeness (QED) is 0.459. The number of hydrogen-bond acceptors (Lipinski definition) is 5. The maximum atomic E-state index is 12.7. The number of ether oxygens (including phenoxy) is 2. The molecule has 37 heavy (non-hydrogen) atoms. The fourth-order valence-electron chi connectivity index (χ4n) is 7.90. The van der Waals surface area contributed by atoms with Crippen LogP contribution in [0.15, 0.2) is 52.4 Å². The third-order valence-corrected chi connectivity index (χ3v) is 10.2. The van der Waals surface area contributed by atoms with Crippen LogP contribution in [0.5, 0.6) is 5.75 Å². The highest BCUT2D eigenvalue weighted by Crippen LogP contribution is 2.61. The number of carbonyl (C=O) groups is 1. The molecule has 5 fully saturated rings. The van der Waals surface area contributed by atoms with Crippen molar-refractivity contribution in [3.63, 3.8) is 0 Å². The number of thioether (sulfide) groups is 1. The van der Waals surface area contributed by atoms with Crippen molar-refractivity contribution < 1.29 is 14.3 Å². The average molecular weight is 515 g/mol. The fourth-order valence-corrected chi connectivity index (χ4v) is 8.87. The van der Waals surface area contributed by atoms with E-state index in [1.165, 1.54) is 61.4 Å². The molecule has 1 amide bonds. The lowest BCUT2D eigenvalue weighted by molar-refractivity contribution is -0.113. The van der Waals surface area contributed by atoms with Gasteiger partial charge in [-0.3, -0.25) is 4.79 Å². The predicted molar refractivity (Wildman–Crippen MR) is 149 cm³/mol. The molecule has 0 radical (unpaired) electrons. The van der Waals surface area contributed by atoms with E-state index in [1.54, 1.807) is 7.11 Å². The molecule has 0 spiro atoms. The Morgan fingerprint density at radius 1 is 1.00 bits per heavy atom. The van der Waals surface area contributed by atoms with Crippen LogP contribution in [0, 0.1) is 17.8 Å². The van der Waals surface area contributed by atoms with E-state index in [0.29, 0.717) is 23.5 Å². The van der Waals surface area contributed by atoms with Crippen LogP contribution < -0.4 is 4.74 Å². The molecule has 0 atom stereocenters. The highest BCUT2D eigenvalue weighted by Gasteiger charge is 2.51. The number of methoxy groups -OCH3 is 1. The highest BCUT2D eigenvalue weighted by molar-refractivity contribution is 8.18. The zero-order valence-electron chi connectivity index (χ0n) is 21.4. The number of rotatable bonds is 4. The Kier molecular flexibility index (Phi) is 5.93. The largest absolute Gasteiger partial charge is 0.497 e. The molecule has 0 unspecified atom stereocenters. The number of benzene rings is 2. The average Bonchev–Trinajstić information content (AvgIpc) is 3.28. The van der Waals surface area contributed by atoms with Crippen LogP contribution in [0.1, 0.15) is 49.7 Å². The highest BCUT2D eigenvalue weighted by atomic mass is 32.2. The van der Waals surface area contributed by atoms with Gasteiger partial charge in [-0.05, 0) is 120 Å². The lowest BCUT2D eigenvalue weighted by atomic mass is 9.48. The van der Waals surface area contributed by atoms with Crippen molar-refractivity contribution in [2.75, 3.05) is 33.4 Å². The summed E-state index contributed by atoms with van der Waals surface area (Å²) in [5.74, 6) is 3.50. The van der Waals surface area contributed by atoms with Crippen LogP contribution in [0.4, 0.5) is 0 Å². The summed E-state index contributed by atoms with van der Waals surface area (Å²) in [5.41, 5.74) is 5.16. The van der Waals surface area contributed by atoms with Gasteiger partial charge in [-0.2, -0.15) is 4.99 Å². The molecule has 4 saturated carbocycles. The van der Waals surface area contributed by atoms with Gasteiger partial charge >= 0.3 is 0 Å². The monoisotopic (exact) mass is 514 g/mol. The van der Waals surface area contributed by atoms with Crippen LogP contribution in [-0.2, 0) is 14.9 Å². The van der Waals surface area contributed by atoms with Gasteiger partial charge in [0.15, 0.2) is 5.17 Å². The van der Waals surface area contributed by atoms with E-state index in [1.807, 2.05) is 6.08 Å². The van der Waals surface area contributed by atoms with E-state index in [4.69, 9.17) is 9.47 Å². The van der Waals surface area contributed by atoms with Crippen molar-refractivity contribution in [3.8, 4) is 16.9 Å². The van der Waals surface area contributed by atoms with Gasteiger partial charge < -0.3 is 14.4 Å². The molecule has 192 valence electrons. The first-order valence-corrected chi connectivity index (χ1v) is 14.5. The zero-order valence-corrected chi connectivity index (χ0v) is 22.3. The molecule has 2 heterocycles. The number of nitrogens with zero attached hydrogens (tertiary/aromatic N) is 2. The molecular weight excluding hydrogens is 480 g/mol. The van der Waals surface area contributed by atoms with Crippen molar-refractivity contribution in [1.82, 2.24) is 4.90 Å². The molecule has 8 rings (SSSR count). The molecule has 0 aromatic heterocycles. The van der Waals surface area contributed by atoms with Gasteiger partial charge in [0.2, 0.25) is 0 Å². The maximum Gasteiger partial charge on any atom is 0.286 e. The van der Waals surface area contributed by atoms with E-state index in [9.17, 15) is 4.79 Å². The lowest BCUT2D eigenvalue weighted by Crippen LogP contribution is -2.48. The number of hydrogen-bond donors (Lipinski definition) is 0. The Bertz CT molecular complexity index is 1260. The first kappa shape index (κ1) is 23.5. The van der Waals surface area contributed by atoms with Gasteiger partial charge in [0, 0.05) is 13.1 Å². The Morgan fingerprint density at radius 3 is 2.43 bits per heavy atom. The van der Waals surface area contributed by atoms with E-state index < -0.39 is 0 Å². The molecule has 2 aromatic carbocycles. The summed E-state index contributed by atoms with van der Waals surface area (Å²) in [5, 5.41) is 0.795. The minimum atomic E-state index is -0.151. The van der Waals surface area contributed by atoms with Gasteiger partial charge in [0.05, 0.1) is 25.2 Å². The second-order valence-electron chi connectivity index (χ2n) is 11.7. The van der Waals surface area contributed by atoms with Crippen LogP contribution in [0.2, 0.25) is 0 Å². The van der Waals surface area contributed by atoms with Crippen LogP contribution in [-0.4, -0.2) is 49.4 Å². The summed E-state index contributed by atoms with van der Waals surface area (Å²) in [6, 6.07) is 15.4. The van der Waals surface area contributed by atoms with Gasteiger partial charge in [0.25, 0.3) is 5.91 Å². The molecule has 4 aliphatic carbocycles. The number of carbonyl (C=O) groups excluding carboxylic acids is 1. The molecular formula is C31H34N2O3S.